The van der Waals surface area contributed by atoms with Gasteiger partial charge < -0.3 is 10.4 Å². The molecule has 5 nitrogen and oxygen atoms in total. The minimum absolute atomic E-state index is 0.366. The van der Waals surface area contributed by atoms with Crippen LogP contribution in [-0.2, 0) is 9.59 Å². The molecule has 0 aliphatic heterocycles. The fraction of sp³-hybridized carbons (Fsp3) is 0.308. The highest BCUT2D eigenvalue weighted by Crippen LogP contribution is 2.46. The van der Waals surface area contributed by atoms with Gasteiger partial charge in [-0.15, -0.1) is 0 Å². The summed E-state index contributed by atoms with van der Waals surface area (Å²) in [6.45, 7) is 1.79. The van der Waals surface area contributed by atoms with Crippen LogP contribution < -0.4 is 5.32 Å². The highest BCUT2D eigenvalue weighted by molar-refractivity contribution is 6.11. The molecule has 0 atom stereocenters. The first-order valence-electron chi connectivity index (χ1n) is 5.55. The Morgan fingerprint density at radius 1 is 1.44 bits per heavy atom. The van der Waals surface area contributed by atoms with Crippen LogP contribution in [0, 0.1) is 23.7 Å². The standard InChI is InChI=1S/C13H12N2O3/c1-8-2-3-9(7-14)6-10(8)15-11(16)13(4-5-13)12(17)18/h2-3,6H,4-5H2,1H3,(H,15,16)(H,17,18). The molecule has 0 aromatic heterocycles. The molecule has 2 rings (SSSR count). The zero-order valence-corrected chi connectivity index (χ0v) is 9.86. The molecular formula is C13H12N2O3. The van der Waals surface area contributed by atoms with Gasteiger partial charge in [0.05, 0.1) is 11.6 Å². The van der Waals surface area contributed by atoms with Gasteiger partial charge in [-0.2, -0.15) is 5.26 Å². The number of nitrogens with zero attached hydrogens (tertiary/aromatic N) is 1. The number of hydrogen-bond acceptors (Lipinski definition) is 3. The summed E-state index contributed by atoms with van der Waals surface area (Å²) < 4.78 is 0. The number of hydrogen-bond donors (Lipinski definition) is 2. The molecule has 1 amide bonds. The molecule has 2 N–H and O–H groups in total. The number of benzene rings is 1. The number of anilines is 1. The third-order valence-electron chi connectivity index (χ3n) is 3.21. The van der Waals surface area contributed by atoms with E-state index in [2.05, 4.69) is 5.32 Å². The van der Waals surface area contributed by atoms with Gasteiger partial charge in [0.2, 0.25) is 5.91 Å². The Labute approximate surface area is 104 Å². The van der Waals surface area contributed by atoms with Crippen LogP contribution in [0.25, 0.3) is 0 Å². The van der Waals surface area contributed by atoms with Crippen LogP contribution in [-0.4, -0.2) is 17.0 Å². The lowest BCUT2D eigenvalue weighted by molar-refractivity contribution is -0.147. The average molecular weight is 244 g/mol. The van der Waals surface area contributed by atoms with Crippen LogP contribution >= 0.6 is 0 Å². The van der Waals surface area contributed by atoms with Crippen molar-refractivity contribution >= 4 is 17.6 Å². The number of carboxylic acids is 1. The number of carboxylic acid groups (broad SMARTS) is 1. The van der Waals surface area contributed by atoms with E-state index in [1.807, 2.05) is 6.07 Å². The predicted octanol–water partition coefficient (Wildman–Crippen LogP) is 1.67. The molecule has 1 fully saturated rings. The number of amides is 1. The van der Waals surface area contributed by atoms with Crippen molar-refractivity contribution in [2.45, 2.75) is 19.8 Å². The minimum atomic E-state index is -1.27. The molecular weight excluding hydrogens is 232 g/mol. The van der Waals surface area contributed by atoms with Gasteiger partial charge >= 0.3 is 5.97 Å². The quantitative estimate of drug-likeness (QED) is 0.791. The Kier molecular flexibility index (Phi) is 2.79. The molecule has 18 heavy (non-hydrogen) atoms. The number of carbonyl (C=O) groups is 2. The lowest BCUT2D eigenvalue weighted by Crippen LogP contribution is -2.31. The average Bonchev–Trinajstić information content (AvgIpc) is 3.13. The van der Waals surface area contributed by atoms with Crippen LogP contribution in [0.4, 0.5) is 5.69 Å². The topological polar surface area (TPSA) is 90.2 Å². The number of rotatable bonds is 3. The van der Waals surface area contributed by atoms with E-state index in [0.29, 0.717) is 24.1 Å². The number of aryl methyl sites for hydroxylation is 1. The number of nitriles is 1. The normalized spacial score (nSPS) is 15.6. The van der Waals surface area contributed by atoms with E-state index in [4.69, 9.17) is 10.4 Å². The molecule has 0 spiro atoms. The van der Waals surface area contributed by atoms with Crippen LogP contribution in [0.2, 0.25) is 0 Å². The molecule has 0 unspecified atom stereocenters. The maximum Gasteiger partial charge on any atom is 0.319 e. The molecule has 0 saturated heterocycles. The van der Waals surface area contributed by atoms with Crippen molar-refractivity contribution in [2.75, 3.05) is 5.32 Å². The first-order valence-corrected chi connectivity index (χ1v) is 5.55. The molecule has 92 valence electrons. The van der Waals surface area contributed by atoms with Gasteiger partial charge in [-0.05, 0) is 37.5 Å². The Bertz CT molecular complexity index is 568. The summed E-state index contributed by atoms with van der Waals surface area (Å²) in [4.78, 5) is 22.9. The Hall–Kier alpha value is -2.35. The fourth-order valence-electron chi connectivity index (χ4n) is 1.73. The van der Waals surface area contributed by atoms with E-state index in [0.717, 1.165) is 5.56 Å². The second-order valence-electron chi connectivity index (χ2n) is 4.48. The molecule has 0 bridgehead atoms. The molecule has 0 radical (unpaired) electrons. The van der Waals surface area contributed by atoms with Crippen molar-refractivity contribution in [1.82, 2.24) is 0 Å². The van der Waals surface area contributed by atoms with Crippen LogP contribution in [0.1, 0.15) is 24.0 Å². The summed E-state index contributed by atoms with van der Waals surface area (Å²) in [5.41, 5.74) is 0.445. The van der Waals surface area contributed by atoms with Crippen LogP contribution in [0.15, 0.2) is 18.2 Å². The lowest BCUT2D eigenvalue weighted by atomic mass is 10.1. The van der Waals surface area contributed by atoms with Crippen molar-refractivity contribution in [3.8, 4) is 6.07 Å². The van der Waals surface area contributed by atoms with Gasteiger partial charge in [-0.25, -0.2) is 0 Å². The molecule has 1 aliphatic rings. The molecule has 1 aromatic rings. The number of nitrogens with one attached hydrogen (secondary N) is 1. The van der Waals surface area contributed by atoms with Gasteiger partial charge in [0.15, 0.2) is 0 Å². The zero-order chi connectivity index (χ0) is 13.3. The van der Waals surface area contributed by atoms with E-state index in [9.17, 15) is 9.59 Å². The van der Waals surface area contributed by atoms with E-state index in [1.54, 1.807) is 25.1 Å². The molecule has 5 heteroatoms. The Morgan fingerprint density at radius 3 is 2.61 bits per heavy atom. The molecule has 1 aromatic carbocycles. The van der Waals surface area contributed by atoms with Crippen molar-refractivity contribution in [1.29, 1.82) is 5.26 Å². The maximum absolute atomic E-state index is 11.9. The lowest BCUT2D eigenvalue weighted by Gasteiger charge is -2.12. The fourth-order valence-corrected chi connectivity index (χ4v) is 1.73. The highest BCUT2D eigenvalue weighted by Gasteiger charge is 2.57. The van der Waals surface area contributed by atoms with Gasteiger partial charge in [0, 0.05) is 5.69 Å². The third kappa shape index (κ3) is 1.93. The summed E-state index contributed by atoms with van der Waals surface area (Å²) in [7, 11) is 0. The van der Waals surface area contributed by atoms with E-state index in [1.165, 1.54) is 0 Å². The SMILES string of the molecule is Cc1ccc(C#N)cc1NC(=O)C1(C(=O)O)CC1. The van der Waals surface area contributed by atoms with E-state index >= 15 is 0 Å². The van der Waals surface area contributed by atoms with Crippen molar-refractivity contribution < 1.29 is 14.7 Å². The van der Waals surface area contributed by atoms with Gasteiger partial charge in [-0.3, -0.25) is 9.59 Å². The van der Waals surface area contributed by atoms with Gasteiger partial charge in [-0.1, -0.05) is 6.07 Å². The smallest absolute Gasteiger partial charge is 0.319 e. The van der Waals surface area contributed by atoms with E-state index in [-0.39, 0.29) is 0 Å². The summed E-state index contributed by atoms with van der Waals surface area (Å²) in [6.07, 6.45) is 0.732. The second kappa shape index (κ2) is 4.15. The first kappa shape index (κ1) is 12.1. The summed E-state index contributed by atoms with van der Waals surface area (Å²) in [5.74, 6) is -1.60. The highest BCUT2D eigenvalue weighted by atomic mass is 16.4. The third-order valence-corrected chi connectivity index (χ3v) is 3.21. The largest absolute Gasteiger partial charge is 0.480 e. The minimum Gasteiger partial charge on any atom is -0.480 e. The van der Waals surface area contributed by atoms with Crippen molar-refractivity contribution in [3.63, 3.8) is 0 Å². The van der Waals surface area contributed by atoms with Crippen molar-refractivity contribution in [3.05, 3.63) is 29.3 Å². The summed E-state index contributed by atoms with van der Waals surface area (Å²) in [5, 5.41) is 20.4. The summed E-state index contributed by atoms with van der Waals surface area (Å²) >= 11 is 0. The molecule has 0 heterocycles. The summed E-state index contributed by atoms with van der Waals surface area (Å²) in [6, 6.07) is 6.89. The second-order valence-corrected chi connectivity index (χ2v) is 4.48. The van der Waals surface area contributed by atoms with Gasteiger partial charge in [0.1, 0.15) is 5.41 Å². The molecule has 1 aliphatic carbocycles. The predicted molar refractivity (Wildman–Crippen MR) is 63.8 cm³/mol. The van der Waals surface area contributed by atoms with Crippen LogP contribution in [0.5, 0.6) is 0 Å². The molecule has 1 saturated carbocycles. The Morgan fingerprint density at radius 2 is 2.11 bits per heavy atom. The maximum atomic E-state index is 11.9. The number of carbonyl (C=O) groups excluding carboxylic acids is 1. The number of aliphatic carboxylic acids is 1. The van der Waals surface area contributed by atoms with Crippen molar-refractivity contribution in [2.24, 2.45) is 5.41 Å². The monoisotopic (exact) mass is 244 g/mol. The zero-order valence-electron chi connectivity index (χ0n) is 9.86. The van der Waals surface area contributed by atoms with Gasteiger partial charge in [0.25, 0.3) is 0 Å². The Balaban J connectivity index is 2.23. The first-order chi connectivity index (χ1) is 8.49. The van der Waals surface area contributed by atoms with E-state index < -0.39 is 17.3 Å². The van der Waals surface area contributed by atoms with Crippen LogP contribution in [0.3, 0.4) is 0 Å².